The average molecular weight is 646 g/mol. The molecule has 2 heterocycles. The third kappa shape index (κ3) is 7.09. The molecule has 4 aromatic rings. The first-order valence-corrected chi connectivity index (χ1v) is 14.8. The minimum absolute atomic E-state index is 0.157. The van der Waals surface area contributed by atoms with Crippen LogP contribution in [0.4, 0.5) is 5.69 Å². The van der Waals surface area contributed by atoms with Crippen molar-refractivity contribution in [3.63, 3.8) is 0 Å². The van der Waals surface area contributed by atoms with E-state index in [2.05, 4.69) is 31.7 Å². The minimum atomic E-state index is -0.646. The molecule has 40 heavy (non-hydrogen) atoms. The van der Waals surface area contributed by atoms with Gasteiger partial charge in [0.25, 0.3) is 11.5 Å². The van der Waals surface area contributed by atoms with Crippen molar-refractivity contribution in [2.75, 3.05) is 24.0 Å². The topological polar surface area (TPSA) is 129 Å². The van der Waals surface area contributed by atoms with Crippen molar-refractivity contribution in [3.8, 4) is 5.75 Å². The number of carbonyl (C=O) groups excluding carboxylic acids is 3. The van der Waals surface area contributed by atoms with E-state index < -0.39 is 22.7 Å². The number of rotatable bonds is 11. The molecular formula is C27H25BrN4O6S2. The Hall–Kier alpha value is -3.68. The molecule has 2 N–H and O–H groups in total. The van der Waals surface area contributed by atoms with Crippen molar-refractivity contribution >= 4 is 72.7 Å². The van der Waals surface area contributed by atoms with Gasteiger partial charge in [-0.25, -0.2) is 9.78 Å². The predicted molar refractivity (Wildman–Crippen MR) is 159 cm³/mol. The molecule has 0 aliphatic carbocycles. The van der Waals surface area contributed by atoms with Gasteiger partial charge in [-0.1, -0.05) is 30.8 Å². The average Bonchev–Trinajstić information content (AvgIpc) is 3.42. The van der Waals surface area contributed by atoms with Crippen molar-refractivity contribution < 1.29 is 23.9 Å². The maximum Gasteiger partial charge on any atom is 0.338 e. The number of anilines is 1. The van der Waals surface area contributed by atoms with Crippen molar-refractivity contribution in [2.24, 2.45) is 0 Å². The Morgan fingerprint density at radius 3 is 2.55 bits per heavy atom. The number of hydrogen-bond acceptors (Lipinski definition) is 9. The number of esters is 1. The van der Waals surface area contributed by atoms with Gasteiger partial charge in [0, 0.05) is 5.69 Å². The molecule has 0 bridgehead atoms. The molecule has 1 atom stereocenters. The molecule has 208 valence electrons. The fraction of sp³-hybridized carbons (Fsp3) is 0.222. The molecule has 2 amide bonds. The lowest BCUT2D eigenvalue weighted by atomic mass is 10.2. The number of para-hydroxylation sites is 1. The van der Waals surface area contributed by atoms with Gasteiger partial charge in [0.05, 0.1) is 27.4 Å². The normalized spacial score (nSPS) is 11.6. The molecule has 0 saturated heterocycles. The number of aromatic nitrogens is 2. The van der Waals surface area contributed by atoms with E-state index in [-0.39, 0.29) is 24.3 Å². The SMILES string of the molecule is CCOC(=O)c1ccc(NC(=O)[C@H](CC)Sc2nc3ccsc3c(=O)n2NC(=O)COc2ccccc2Br)cc1. The van der Waals surface area contributed by atoms with Gasteiger partial charge in [-0.2, -0.15) is 4.68 Å². The summed E-state index contributed by atoms with van der Waals surface area (Å²) in [6.07, 6.45) is 0.411. The summed E-state index contributed by atoms with van der Waals surface area (Å²) in [7, 11) is 0. The Kier molecular flexibility index (Phi) is 9.96. The molecule has 0 spiro atoms. The third-order valence-corrected chi connectivity index (χ3v) is 8.32. The minimum Gasteiger partial charge on any atom is -0.483 e. The second-order valence-corrected chi connectivity index (χ2v) is 11.2. The first kappa shape index (κ1) is 29.3. The Labute approximate surface area is 246 Å². The summed E-state index contributed by atoms with van der Waals surface area (Å²) in [5.74, 6) is -0.869. The maximum atomic E-state index is 13.3. The van der Waals surface area contributed by atoms with Crippen LogP contribution in [0.15, 0.2) is 74.4 Å². The number of ether oxygens (including phenoxy) is 2. The summed E-state index contributed by atoms with van der Waals surface area (Å²) in [5, 5.41) is 4.07. The Bertz CT molecular complexity index is 1590. The molecule has 0 aliphatic rings. The lowest BCUT2D eigenvalue weighted by Crippen LogP contribution is -2.37. The van der Waals surface area contributed by atoms with Crippen LogP contribution < -0.4 is 21.0 Å². The zero-order valence-electron chi connectivity index (χ0n) is 21.5. The summed E-state index contributed by atoms with van der Waals surface area (Å²) in [4.78, 5) is 55.6. The standard InChI is InChI=1S/C27H25BrN4O6S2/c1-3-21(24(34)29-17-11-9-16(10-12-17)26(36)37-4-2)40-27-30-19-13-14-39-23(19)25(35)32(27)31-22(33)15-38-20-8-6-5-7-18(20)28/h5-14,21H,3-4,15H2,1-2H3,(H,29,34)(H,31,33)/t21-/m0/s1. The van der Waals surface area contributed by atoms with Crippen molar-refractivity contribution in [2.45, 2.75) is 30.7 Å². The molecule has 13 heteroatoms. The van der Waals surface area contributed by atoms with Gasteiger partial charge in [-0.15, -0.1) is 11.3 Å². The van der Waals surface area contributed by atoms with Crippen LogP contribution in [-0.2, 0) is 14.3 Å². The number of nitrogens with one attached hydrogen (secondary N) is 2. The lowest BCUT2D eigenvalue weighted by molar-refractivity contribution is -0.119. The summed E-state index contributed by atoms with van der Waals surface area (Å²) in [6, 6.07) is 15.1. The van der Waals surface area contributed by atoms with Crippen LogP contribution in [0.2, 0.25) is 0 Å². The highest BCUT2D eigenvalue weighted by molar-refractivity contribution is 9.10. The van der Waals surface area contributed by atoms with Crippen molar-refractivity contribution in [3.05, 3.63) is 80.4 Å². The van der Waals surface area contributed by atoms with Crippen LogP contribution >= 0.6 is 39.0 Å². The molecule has 0 radical (unpaired) electrons. The number of nitrogens with zero attached hydrogens (tertiary/aromatic N) is 2. The van der Waals surface area contributed by atoms with Crippen LogP contribution in [0.3, 0.4) is 0 Å². The summed E-state index contributed by atoms with van der Waals surface area (Å²) in [5.41, 5.74) is 3.45. The van der Waals surface area contributed by atoms with Gasteiger partial charge in [0.2, 0.25) is 5.91 Å². The third-order valence-electron chi connectivity index (χ3n) is 5.46. The molecule has 0 saturated carbocycles. The monoisotopic (exact) mass is 644 g/mol. The van der Waals surface area contributed by atoms with E-state index in [1.165, 1.54) is 11.3 Å². The van der Waals surface area contributed by atoms with Gasteiger partial charge in [-0.05, 0) is 77.1 Å². The zero-order valence-corrected chi connectivity index (χ0v) is 24.7. The van der Waals surface area contributed by atoms with Crippen LogP contribution in [0.25, 0.3) is 10.2 Å². The summed E-state index contributed by atoms with van der Waals surface area (Å²) < 4.78 is 12.7. The second kappa shape index (κ2) is 13.6. The molecule has 2 aromatic heterocycles. The number of thioether (sulfide) groups is 1. The van der Waals surface area contributed by atoms with Crippen molar-refractivity contribution in [1.29, 1.82) is 0 Å². The Morgan fingerprint density at radius 2 is 1.85 bits per heavy atom. The maximum absolute atomic E-state index is 13.3. The summed E-state index contributed by atoms with van der Waals surface area (Å²) in [6.45, 7) is 3.47. The van der Waals surface area contributed by atoms with E-state index in [4.69, 9.17) is 9.47 Å². The number of fused-ring (bicyclic) bond motifs is 1. The van der Waals surface area contributed by atoms with Crippen LogP contribution in [0.5, 0.6) is 5.75 Å². The van der Waals surface area contributed by atoms with Crippen molar-refractivity contribution in [1.82, 2.24) is 9.66 Å². The highest BCUT2D eigenvalue weighted by Crippen LogP contribution is 2.27. The molecular weight excluding hydrogens is 620 g/mol. The number of benzene rings is 2. The van der Waals surface area contributed by atoms with E-state index in [9.17, 15) is 19.2 Å². The Balaban J connectivity index is 1.51. The fourth-order valence-corrected chi connectivity index (χ4v) is 5.64. The fourth-order valence-electron chi connectivity index (χ4n) is 3.51. The molecule has 0 unspecified atom stereocenters. The van der Waals surface area contributed by atoms with Gasteiger partial charge >= 0.3 is 5.97 Å². The predicted octanol–water partition coefficient (Wildman–Crippen LogP) is 5.06. The van der Waals surface area contributed by atoms with Gasteiger partial charge in [-0.3, -0.25) is 19.8 Å². The molecule has 4 rings (SSSR count). The van der Waals surface area contributed by atoms with E-state index >= 15 is 0 Å². The number of thiophene rings is 1. The van der Waals surface area contributed by atoms with E-state index in [0.29, 0.717) is 38.1 Å². The van der Waals surface area contributed by atoms with Crippen LogP contribution in [0, 0.1) is 0 Å². The smallest absolute Gasteiger partial charge is 0.338 e. The van der Waals surface area contributed by atoms with Crippen LogP contribution in [-0.4, -0.2) is 45.9 Å². The van der Waals surface area contributed by atoms with Crippen LogP contribution in [0.1, 0.15) is 30.6 Å². The molecule has 10 nitrogen and oxygen atoms in total. The van der Waals surface area contributed by atoms with E-state index in [1.807, 2.05) is 13.0 Å². The molecule has 0 fully saturated rings. The second-order valence-electron chi connectivity index (χ2n) is 8.23. The Morgan fingerprint density at radius 1 is 1.10 bits per heavy atom. The van der Waals surface area contributed by atoms with Gasteiger partial charge in [0.1, 0.15) is 10.4 Å². The van der Waals surface area contributed by atoms with Gasteiger partial charge in [0.15, 0.2) is 11.8 Å². The van der Waals surface area contributed by atoms with E-state index in [1.54, 1.807) is 60.8 Å². The number of amides is 2. The zero-order chi connectivity index (χ0) is 28.6. The molecule has 2 aromatic carbocycles. The number of carbonyl (C=O) groups is 3. The summed E-state index contributed by atoms with van der Waals surface area (Å²) >= 11 is 5.63. The highest BCUT2D eigenvalue weighted by atomic mass is 79.9. The first-order valence-electron chi connectivity index (χ1n) is 12.2. The molecule has 0 aliphatic heterocycles. The largest absolute Gasteiger partial charge is 0.483 e. The lowest BCUT2D eigenvalue weighted by Gasteiger charge is -2.18. The first-order chi connectivity index (χ1) is 19.3. The van der Waals surface area contributed by atoms with E-state index in [0.717, 1.165) is 16.4 Å². The number of halogens is 1. The highest BCUT2D eigenvalue weighted by Gasteiger charge is 2.24. The van der Waals surface area contributed by atoms with Gasteiger partial charge < -0.3 is 14.8 Å². The number of hydrogen-bond donors (Lipinski definition) is 2. The quantitative estimate of drug-likeness (QED) is 0.132.